The van der Waals surface area contributed by atoms with E-state index in [0.717, 1.165) is 11.1 Å². The Bertz CT molecular complexity index is 1330. The predicted molar refractivity (Wildman–Crippen MR) is 134 cm³/mol. The Labute approximate surface area is 209 Å². The van der Waals surface area contributed by atoms with E-state index in [0.29, 0.717) is 53.9 Å². The third kappa shape index (κ3) is 3.81. The van der Waals surface area contributed by atoms with E-state index in [1.165, 1.54) is 12.1 Å². The summed E-state index contributed by atoms with van der Waals surface area (Å²) in [5.74, 6) is -0.0269. The van der Waals surface area contributed by atoms with Gasteiger partial charge in [-0.1, -0.05) is 66.7 Å². The van der Waals surface area contributed by atoms with Crippen LogP contribution in [0.15, 0.2) is 102 Å². The quantitative estimate of drug-likeness (QED) is 0.450. The Morgan fingerprint density at radius 2 is 1.08 bits per heavy atom. The molecule has 0 amide bonds. The number of carbonyl (C=O) groups excluding carboxylic acids is 2. The van der Waals surface area contributed by atoms with Crippen LogP contribution >= 0.6 is 0 Å². The van der Waals surface area contributed by atoms with E-state index >= 15 is 0 Å². The van der Waals surface area contributed by atoms with Crippen molar-refractivity contribution in [1.29, 1.82) is 0 Å². The number of allylic oxidation sites excluding steroid dienone is 4. The summed E-state index contributed by atoms with van der Waals surface area (Å²) in [5, 5.41) is 20.2. The van der Waals surface area contributed by atoms with Gasteiger partial charge in [0.1, 0.15) is 11.5 Å². The van der Waals surface area contributed by atoms with Crippen LogP contribution in [0, 0.1) is 0 Å². The minimum atomic E-state index is -0.622. The first-order chi connectivity index (χ1) is 17.5. The molecule has 180 valence electrons. The Morgan fingerprint density at radius 3 is 1.56 bits per heavy atom. The van der Waals surface area contributed by atoms with Crippen molar-refractivity contribution in [3.8, 4) is 11.5 Å². The molecule has 3 aliphatic rings. The molecule has 0 fully saturated rings. The molecule has 3 aromatic rings. The van der Waals surface area contributed by atoms with Gasteiger partial charge < -0.3 is 14.9 Å². The second kappa shape index (κ2) is 8.83. The SMILES string of the molecule is O=C1C[C@@H](c2ccccc2)CC2=C1C(c1ccc(O)c(O)c1)C1=C(C[C@H](c3ccccc3)CC1=O)O2. The number of ether oxygens (including phenoxy) is 1. The van der Waals surface area contributed by atoms with E-state index in [2.05, 4.69) is 0 Å². The van der Waals surface area contributed by atoms with Crippen LogP contribution < -0.4 is 0 Å². The average Bonchev–Trinajstić information content (AvgIpc) is 2.90. The molecule has 36 heavy (non-hydrogen) atoms. The minimum Gasteiger partial charge on any atom is -0.504 e. The molecular formula is C31H26O5. The monoisotopic (exact) mass is 478 g/mol. The third-order valence-electron chi connectivity index (χ3n) is 7.63. The van der Waals surface area contributed by atoms with E-state index < -0.39 is 5.92 Å². The van der Waals surface area contributed by atoms with Gasteiger partial charge in [0.05, 0.1) is 0 Å². The summed E-state index contributed by atoms with van der Waals surface area (Å²) in [5.41, 5.74) is 3.77. The van der Waals surface area contributed by atoms with Crippen LogP contribution in [0.2, 0.25) is 0 Å². The van der Waals surface area contributed by atoms with Crippen molar-refractivity contribution < 1.29 is 24.5 Å². The third-order valence-corrected chi connectivity index (χ3v) is 7.63. The molecule has 0 spiro atoms. The van der Waals surface area contributed by atoms with Gasteiger partial charge in [0.25, 0.3) is 0 Å². The summed E-state index contributed by atoms with van der Waals surface area (Å²) in [4.78, 5) is 27.3. The molecule has 1 heterocycles. The standard InChI is InChI=1S/C31H26O5/c32-23-12-11-20(13-24(23)33)29-30-25(34)14-21(18-7-3-1-4-8-18)16-27(30)36-28-17-22(15-26(35)31(28)29)19-9-5-2-6-10-19/h1-13,21-22,29,32-33H,14-17H2/t21-,22-/m1/s1. The van der Waals surface area contributed by atoms with Crippen molar-refractivity contribution in [3.63, 3.8) is 0 Å². The zero-order valence-corrected chi connectivity index (χ0v) is 19.7. The molecule has 0 unspecified atom stereocenters. The molecule has 2 atom stereocenters. The number of hydrogen-bond acceptors (Lipinski definition) is 5. The van der Waals surface area contributed by atoms with Crippen molar-refractivity contribution >= 4 is 11.6 Å². The summed E-state index contributed by atoms with van der Waals surface area (Å²) in [7, 11) is 0. The molecule has 0 saturated carbocycles. The number of carbonyl (C=O) groups is 2. The minimum absolute atomic E-state index is 0.00215. The first kappa shape index (κ1) is 22.4. The smallest absolute Gasteiger partial charge is 0.163 e. The van der Waals surface area contributed by atoms with Gasteiger partial charge in [-0.15, -0.1) is 0 Å². The maximum atomic E-state index is 13.6. The van der Waals surface area contributed by atoms with Gasteiger partial charge in [-0.05, 0) is 40.7 Å². The van der Waals surface area contributed by atoms with E-state index in [-0.39, 0.29) is 34.9 Å². The maximum Gasteiger partial charge on any atom is 0.163 e. The van der Waals surface area contributed by atoms with Crippen LogP contribution in [0.5, 0.6) is 11.5 Å². The second-order valence-corrected chi connectivity index (χ2v) is 9.83. The van der Waals surface area contributed by atoms with E-state index in [9.17, 15) is 19.8 Å². The van der Waals surface area contributed by atoms with Crippen molar-refractivity contribution in [2.24, 2.45) is 0 Å². The van der Waals surface area contributed by atoms with Crippen LogP contribution in [-0.2, 0) is 14.3 Å². The molecule has 6 rings (SSSR count). The molecule has 0 aromatic heterocycles. The zero-order chi connectivity index (χ0) is 24.8. The lowest BCUT2D eigenvalue weighted by molar-refractivity contribution is -0.118. The molecule has 5 heteroatoms. The predicted octanol–water partition coefficient (Wildman–Crippen LogP) is 6.01. The number of phenolic OH excluding ortho intramolecular Hbond substituents is 2. The van der Waals surface area contributed by atoms with Gasteiger partial charge in [-0.25, -0.2) is 0 Å². The molecule has 2 aliphatic carbocycles. The molecule has 0 saturated heterocycles. The van der Waals surface area contributed by atoms with Gasteiger partial charge in [-0.3, -0.25) is 9.59 Å². The fourth-order valence-electron chi connectivity index (χ4n) is 5.90. The summed E-state index contributed by atoms with van der Waals surface area (Å²) >= 11 is 0. The summed E-state index contributed by atoms with van der Waals surface area (Å²) in [6.45, 7) is 0. The lowest BCUT2D eigenvalue weighted by Gasteiger charge is -2.39. The Balaban J connectivity index is 1.46. The molecule has 5 nitrogen and oxygen atoms in total. The van der Waals surface area contributed by atoms with Gasteiger partial charge in [-0.2, -0.15) is 0 Å². The fourth-order valence-corrected chi connectivity index (χ4v) is 5.90. The van der Waals surface area contributed by atoms with E-state index in [1.807, 2.05) is 60.7 Å². The highest BCUT2D eigenvalue weighted by atomic mass is 16.5. The Kier molecular flexibility index (Phi) is 5.48. The highest BCUT2D eigenvalue weighted by Gasteiger charge is 2.45. The average molecular weight is 479 g/mol. The van der Waals surface area contributed by atoms with Crippen LogP contribution in [0.3, 0.4) is 0 Å². The largest absolute Gasteiger partial charge is 0.504 e. The Hall–Kier alpha value is -4.12. The summed E-state index contributed by atoms with van der Waals surface area (Å²) < 4.78 is 6.45. The number of rotatable bonds is 3. The first-order valence-corrected chi connectivity index (χ1v) is 12.3. The normalized spacial score (nSPS) is 22.2. The molecule has 0 bridgehead atoms. The molecule has 0 radical (unpaired) electrons. The van der Waals surface area contributed by atoms with E-state index in [1.54, 1.807) is 6.07 Å². The van der Waals surface area contributed by atoms with Crippen molar-refractivity contribution in [1.82, 2.24) is 0 Å². The number of aromatic hydroxyl groups is 2. The maximum absolute atomic E-state index is 13.6. The fraction of sp³-hybridized carbons (Fsp3) is 0.226. The zero-order valence-electron chi connectivity index (χ0n) is 19.7. The Morgan fingerprint density at radius 1 is 0.583 bits per heavy atom. The van der Waals surface area contributed by atoms with Crippen molar-refractivity contribution in [3.05, 3.63) is 118 Å². The van der Waals surface area contributed by atoms with Gasteiger partial charge >= 0.3 is 0 Å². The van der Waals surface area contributed by atoms with Crippen LogP contribution in [0.4, 0.5) is 0 Å². The van der Waals surface area contributed by atoms with Gasteiger partial charge in [0.2, 0.25) is 0 Å². The van der Waals surface area contributed by atoms with E-state index in [4.69, 9.17) is 4.74 Å². The lowest BCUT2D eigenvalue weighted by Crippen LogP contribution is -2.33. The molecule has 1 aliphatic heterocycles. The number of hydrogen-bond donors (Lipinski definition) is 2. The van der Waals surface area contributed by atoms with Gasteiger partial charge in [0.15, 0.2) is 23.1 Å². The summed E-state index contributed by atoms with van der Waals surface area (Å²) in [6.07, 6.45) is 1.78. The van der Waals surface area contributed by atoms with Gasteiger partial charge in [0, 0.05) is 42.7 Å². The number of phenols is 2. The highest BCUT2D eigenvalue weighted by Crippen LogP contribution is 2.52. The lowest BCUT2D eigenvalue weighted by atomic mass is 9.69. The van der Waals surface area contributed by atoms with Crippen LogP contribution in [0.25, 0.3) is 0 Å². The summed E-state index contributed by atoms with van der Waals surface area (Å²) in [6, 6.07) is 24.4. The topological polar surface area (TPSA) is 83.8 Å². The molecule has 3 aromatic carbocycles. The van der Waals surface area contributed by atoms with Crippen LogP contribution in [0.1, 0.15) is 60.1 Å². The molecular weight excluding hydrogens is 452 g/mol. The number of benzene rings is 3. The first-order valence-electron chi connectivity index (χ1n) is 12.3. The van der Waals surface area contributed by atoms with Crippen molar-refractivity contribution in [2.75, 3.05) is 0 Å². The second-order valence-electron chi connectivity index (χ2n) is 9.83. The van der Waals surface area contributed by atoms with Crippen molar-refractivity contribution in [2.45, 2.75) is 43.4 Å². The molecule has 2 N–H and O–H groups in total. The number of ketones is 2. The van der Waals surface area contributed by atoms with Crippen LogP contribution in [-0.4, -0.2) is 21.8 Å². The highest BCUT2D eigenvalue weighted by molar-refractivity contribution is 6.06. The number of Topliss-reactive ketones (excluding diaryl/α,β-unsaturated/α-hetero) is 2.